The Bertz CT molecular complexity index is 948. The lowest BCUT2D eigenvalue weighted by atomic mass is 9.81. The summed E-state index contributed by atoms with van der Waals surface area (Å²) in [6, 6.07) is 12.7. The molecule has 1 fully saturated rings. The van der Waals surface area contributed by atoms with Crippen molar-refractivity contribution in [1.29, 1.82) is 0 Å². The summed E-state index contributed by atoms with van der Waals surface area (Å²) in [7, 11) is 0. The van der Waals surface area contributed by atoms with Gasteiger partial charge < -0.3 is 14.4 Å². The minimum atomic E-state index is -0.305. The van der Waals surface area contributed by atoms with Crippen LogP contribution in [-0.4, -0.2) is 31.8 Å². The highest BCUT2D eigenvalue weighted by Gasteiger charge is 2.33. The quantitative estimate of drug-likeness (QED) is 0.680. The molecule has 1 aliphatic heterocycles. The number of hydrogen-bond donors (Lipinski definition) is 1. The highest BCUT2D eigenvalue weighted by molar-refractivity contribution is 5.68. The number of aliphatic hydroxyl groups excluding tert-OH is 1. The van der Waals surface area contributed by atoms with Crippen LogP contribution < -0.4 is 0 Å². The second-order valence-corrected chi connectivity index (χ2v) is 8.30. The molecule has 3 aromatic rings. The third-order valence-corrected chi connectivity index (χ3v) is 6.53. The number of aromatic nitrogens is 3. The summed E-state index contributed by atoms with van der Waals surface area (Å²) >= 11 is 0. The second kappa shape index (κ2) is 8.09. The topological polar surface area (TPSA) is 60.2 Å². The third kappa shape index (κ3) is 3.72. The first-order chi connectivity index (χ1) is 14.3. The van der Waals surface area contributed by atoms with E-state index in [0.29, 0.717) is 12.5 Å². The van der Waals surface area contributed by atoms with E-state index in [-0.39, 0.29) is 18.2 Å². The van der Waals surface area contributed by atoms with Crippen molar-refractivity contribution in [1.82, 2.24) is 14.5 Å². The lowest BCUT2D eigenvalue weighted by molar-refractivity contribution is -0.0160. The van der Waals surface area contributed by atoms with Crippen LogP contribution in [0.2, 0.25) is 0 Å². The van der Waals surface area contributed by atoms with Crippen LogP contribution in [0.25, 0.3) is 11.3 Å². The zero-order valence-electron chi connectivity index (χ0n) is 16.5. The van der Waals surface area contributed by atoms with E-state index in [1.807, 2.05) is 30.9 Å². The van der Waals surface area contributed by atoms with Crippen molar-refractivity contribution in [3.8, 4) is 11.3 Å². The number of benzene rings is 1. The zero-order chi connectivity index (χ0) is 19.6. The largest absolute Gasteiger partial charge is 0.393 e. The van der Waals surface area contributed by atoms with Crippen molar-refractivity contribution in [2.75, 3.05) is 0 Å². The average molecular weight is 389 g/mol. The Balaban J connectivity index is 1.17. The first kappa shape index (κ1) is 18.5. The molecule has 2 aromatic heterocycles. The zero-order valence-corrected chi connectivity index (χ0v) is 16.5. The minimum Gasteiger partial charge on any atom is -0.393 e. The molecular weight excluding hydrogens is 362 g/mol. The maximum atomic E-state index is 11.0. The fraction of sp³-hybridized carbons (Fsp3) is 0.417. The number of hydrogen-bond acceptors (Lipinski definition) is 4. The molecule has 5 nitrogen and oxygen atoms in total. The molecule has 5 rings (SSSR count). The summed E-state index contributed by atoms with van der Waals surface area (Å²) in [4.78, 5) is 8.47. The van der Waals surface area contributed by atoms with Crippen LogP contribution in [0.3, 0.4) is 0 Å². The second-order valence-electron chi connectivity index (χ2n) is 8.30. The van der Waals surface area contributed by atoms with Crippen molar-refractivity contribution < 1.29 is 9.84 Å². The van der Waals surface area contributed by atoms with Gasteiger partial charge >= 0.3 is 0 Å². The fourth-order valence-corrected chi connectivity index (χ4v) is 4.93. The molecule has 3 heterocycles. The Kier molecular flexibility index (Phi) is 5.17. The number of pyridine rings is 1. The fourth-order valence-electron chi connectivity index (χ4n) is 4.93. The van der Waals surface area contributed by atoms with Crippen LogP contribution in [0, 0.1) is 5.92 Å². The van der Waals surface area contributed by atoms with Gasteiger partial charge in [0.2, 0.25) is 0 Å². The van der Waals surface area contributed by atoms with Crippen LogP contribution in [0.5, 0.6) is 0 Å². The van der Waals surface area contributed by atoms with Crippen molar-refractivity contribution in [2.45, 2.75) is 57.0 Å². The molecule has 2 aliphatic rings. The first-order valence-corrected chi connectivity index (χ1v) is 10.6. The maximum absolute atomic E-state index is 11.0. The van der Waals surface area contributed by atoms with Gasteiger partial charge in [-0.2, -0.15) is 0 Å². The summed E-state index contributed by atoms with van der Waals surface area (Å²) in [5.74, 6) is 0.341. The van der Waals surface area contributed by atoms with Gasteiger partial charge in [0, 0.05) is 18.0 Å². The number of aliphatic hydroxyl groups is 1. The van der Waals surface area contributed by atoms with E-state index in [0.717, 1.165) is 43.4 Å². The van der Waals surface area contributed by atoms with Gasteiger partial charge in [-0.1, -0.05) is 30.3 Å². The van der Waals surface area contributed by atoms with Gasteiger partial charge in [-0.25, -0.2) is 4.98 Å². The molecule has 1 aromatic carbocycles. The van der Waals surface area contributed by atoms with E-state index < -0.39 is 0 Å². The van der Waals surface area contributed by atoms with Gasteiger partial charge in [0.05, 0.1) is 43.1 Å². The minimum absolute atomic E-state index is 0.179. The Morgan fingerprint density at radius 3 is 2.72 bits per heavy atom. The smallest absolute Gasteiger partial charge is 0.0956 e. The van der Waals surface area contributed by atoms with Gasteiger partial charge in [0.15, 0.2) is 0 Å². The molecule has 1 aliphatic carbocycles. The van der Waals surface area contributed by atoms with E-state index in [4.69, 9.17) is 4.74 Å². The molecule has 150 valence electrons. The molecule has 1 N–H and O–H groups in total. The molecule has 5 heteroatoms. The summed E-state index contributed by atoms with van der Waals surface area (Å²) in [6.07, 6.45) is 12.3. The van der Waals surface area contributed by atoms with Crippen LogP contribution >= 0.6 is 0 Å². The predicted octanol–water partition coefficient (Wildman–Crippen LogP) is 4.37. The van der Waals surface area contributed by atoms with E-state index in [9.17, 15) is 5.11 Å². The summed E-state index contributed by atoms with van der Waals surface area (Å²) in [5.41, 5.74) is 4.82. The number of ether oxygens (including phenoxy) is 1. The van der Waals surface area contributed by atoms with Crippen molar-refractivity contribution in [3.05, 3.63) is 72.4 Å². The van der Waals surface area contributed by atoms with Crippen molar-refractivity contribution in [3.63, 3.8) is 0 Å². The highest BCUT2D eigenvalue weighted by Crippen LogP contribution is 2.42. The van der Waals surface area contributed by atoms with Crippen molar-refractivity contribution >= 4 is 0 Å². The summed E-state index contributed by atoms with van der Waals surface area (Å²) < 4.78 is 8.30. The van der Waals surface area contributed by atoms with Gasteiger partial charge in [-0.15, -0.1) is 0 Å². The first-order valence-electron chi connectivity index (χ1n) is 10.6. The maximum Gasteiger partial charge on any atom is 0.0956 e. The normalized spacial score (nSPS) is 24.1. The van der Waals surface area contributed by atoms with Gasteiger partial charge in [-0.3, -0.25) is 4.98 Å². The SMILES string of the molecule is OC(CC1c2ccccc2-c2cncn21)C1CCC(OCc2cccnc2)CC1. The number of imidazole rings is 1. The Morgan fingerprint density at radius 2 is 1.90 bits per heavy atom. The highest BCUT2D eigenvalue weighted by atomic mass is 16.5. The monoisotopic (exact) mass is 389 g/mol. The van der Waals surface area contributed by atoms with E-state index >= 15 is 0 Å². The Labute approximate surface area is 171 Å². The number of rotatable bonds is 6. The Morgan fingerprint density at radius 1 is 1.03 bits per heavy atom. The number of nitrogens with zero attached hydrogens (tertiary/aromatic N) is 3. The standard InChI is InChI=1S/C24H27N3O2/c28-24(12-22-20-5-1-2-6-21(20)23-14-26-16-27(22)23)18-7-9-19(10-8-18)29-15-17-4-3-11-25-13-17/h1-6,11,13-14,16,18-19,22,24,28H,7-10,12,15H2. The van der Waals surface area contributed by atoms with Crippen molar-refractivity contribution in [2.24, 2.45) is 5.92 Å². The van der Waals surface area contributed by atoms with Gasteiger partial charge in [-0.05, 0) is 55.2 Å². The molecular formula is C24H27N3O2. The molecule has 2 atom stereocenters. The average Bonchev–Trinajstić information content (AvgIpc) is 3.36. The molecule has 29 heavy (non-hydrogen) atoms. The van der Waals surface area contributed by atoms with Crippen LogP contribution in [0.4, 0.5) is 0 Å². The van der Waals surface area contributed by atoms with Crippen LogP contribution in [-0.2, 0) is 11.3 Å². The molecule has 1 saturated carbocycles. The van der Waals surface area contributed by atoms with E-state index in [1.165, 1.54) is 11.1 Å². The van der Waals surface area contributed by atoms with E-state index in [2.05, 4.69) is 38.8 Å². The molecule has 0 amide bonds. The number of fused-ring (bicyclic) bond motifs is 3. The molecule has 0 saturated heterocycles. The lowest BCUT2D eigenvalue weighted by Gasteiger charge is -2.32. The third-order valence-electron chi connectivity index (χ3n) is 6.53. The lowest BCUT2D eigenvalue weighted by Crippen LogP contribution is -2.30. The molecule has 0 spiro atoms. The molecule has 0 radical (unpaired) electrons. The van der Waals surface area contributed by atoms with Crippen LogP contribution in [0.1, 0.15) is 49.3 Å². The van der Waals surface area contributed by atoms with Crippen LogP contribution in [0.15, 0.2) is 61.3 Å². The molecule has 0 bridgehead atoms. The van der Waals surface area contributed by atoms with Gasteiger partial charge in [0.25, 0.3) is 0 Å². The summed E-state index contributed by atoms with van der Waals surface area (Å²) in [5, 5.41) is 11.0. The van der Waals surface area contributed by atoms with E-state index in [1.54, 1.807) is 6.20 Å². The predicted molar refractivity (Wildman–Crippen MR) is 111 cm³/mol. The summed E-state index contributed by atoms with van der Waals surface area (Å²) in [6.45, 7) is 0.619. The molecule has 2 unspecified atom stereocenters. The van der Waals surface area contributed by atoms with Gasteiger partial charge in [0.1, 0.15) is 0 Å². The Hall–Kier alpha value is -2.50.